The molecule has 1 aromatic heterocycles. The number of amides is 1. The van der Waals surface area contributed by atoms with Gasteiger partial charge in [-0.05, 0) is 22.4 Å². The van der Waals surface area contributed by atoms with Gasteiger partial charge in [-0.25, -0.2) is 9.97 Å². The highest BCUT2D eigenvalue weighted by molar-refractivity contribution is 9.10. The molecule has 1 amide bonds. The summed E-state index contributed by atoms with van der Waals surface area (Å²) in [4.78, 5) is 21.5. The van der Waals surface area contributed by atoms with Gasteiger partial charge in [0, 0.05) is 33.1 Å². The van der Waals surface area contributed by atoms with Gasteiger partial charge in [0.05, 0.1) is 0 Å². The van der Waals surface area contributed by atoms with Crippen LogP contribution in [-0.2, 0) is 4.79 Å². The van der Waals surface area contributed by atoms with Gasteiger partial charge in [0.2, 0.25) is 5.91 Å². The molecule has 1 aliphatic heterocycles. The van der Waals surface area contributed by atoms with Gasteiger partial charge in [-0.1, -0.05) is 0 Å². The molecule has 0 saturated carbocycles. The minimum atomic E-state index is 0.200. The molecule has 0 aliphatic carbocycles. The molecule has 1 aromatic rings. The zero-order valence-corrected chi connectivity index (χ0v) is 12.0. The maximum absolute atomic E-state index is 11.4. The molecule has 0 bridgehead atoms. The molecule has 1 unspecified atom stereocenters. The zero-order valence-electron chi connectivity index (χ0n) is 10.4. The fraction of sp³-hybridized carbons (Fsp3) is 0.545. The molecule has 6 nitrogen and oxygen atoms in total. The van der Waals surface area contributed by atoms with E-state index in [0.717, 1.165) is 22.5 Å². The normalized spacial score (nSPS) is 19.8. The summed E-state index contributed by atoms with van der Waals surface area (Å²) in [5.41, 5.74) is 0. The van der Waals surface area contributed by atoms with Gasteiger partial charge in [-0.3, -0.25) is 4.79 Å². The molecule has 2 N–H and O–H groups in total. The van der Waals surface area contributed by atoms with Crippen molar-refractivity contribution in [2.45, 2.75) is 18.9 Å². The second kappa shape index (κ2) is 5.51. The maximum atomic E-state index is 11.4. The van der Waals surface area contributed by atoms with Crippen molar-refractivity contribution >= 4 is 33.5 Å². The Kier molecular flexibility index (Phi) is 4.00. The molecule has 1 aliphatic rings. The molecule has 2 rings (SSSR count). The van der Waals surface area contributed by atoms with E-state index >= 15 is 0 Å². The van der Waals surface area contributed by atoms with Crippen molar-refractivity contribution in [3.05, 3.63) is 10.8 Å². The van der Waals surface area contributed by atoms with Crippen LogP contribution in [0.15, 0.2) is 10.8 Å². The number of piperidine rings is 1. The minimum Gasteiger partial charge on any atom is -0.372 e. The molecule has 2 heterocycles. The van der Waals surface area contributed by atoms with Crippen LogP contribution in [0.5, 0.6) is 0 Å². The van der Waals surface area contributed by atoms with Crippen molar-refractivity contribution in [1.82, 2.24) is 14.9 Å². The summed E-state index contributed by atoms with van der Waals surface area (Å²) >= 11 is 3.46. The van der Waals surface area contributed by atoms with Crippen molar-refractivity contribution in [1.29, 1.82) is 0 Å². The molecule has 1 atom stereocenters. The minimum absolute atomic E-state index is 0.200. The summed E-state index contributed by atoms with van der Waals surface area (Å²) in [7, 11) is 3.63. The lowest BCUT2D eigenvalue weighted by atomic mass is 10.1. The third-order valence-electron chi connectivity index (χ3n) is 2.99. The smallest absolute Gasteiger partial charge is 0.222 e. The van der Waals surface area contributed by atoms with Crippen molar-refractivity contribution in [3.63, 3.8) is 0 Å². The van der Waals surface area contributed by atoms with Crippen LogP contribution < -0.4 is 10.6 Å². The zero-order chi connectivity index (χ0) is 13.1. The number of carbonyl (C=O) groups is 1. The second-order valence-corrected chi connectivity index (χ2v) is 5.08. The number of hydrogen-bond acceptors (Lipinski definition) is 5. The van der Waals surface area contributed by atoms with E-state index in [2.05, 4.69) is 36.5 Å². The second-order valence-electron chi connectivity index (χ2n) is 4.29. The van der Waals surface area contributed by atoms with E-state index in [4.69, 9.17) is 0 Å². The number of likely N-dealkylation sites (N-methyl/N-ethyl adjacent to an activating group) is 1. The summed E-state index contributed by atoms with van der Waals surface area (Å²) < 4.78 is 0.812. The SMILES string of the molecule is CNc1ncnc(NC2CCC(=O)N(C)C2)c1Br. The van der Waals surface area contributed by atoms with E-state index in [-0.39, 0.29) is 11.9 Å². The van der Waals surface area contributed by atoms with E-state index in [1.807, 2.05) is 14.1 Å². The lowest BCUT2D eigenvalue weighted by molar-refractivity contribution is -0.132. The lowest BCUT2D eigenvalue weighted by Crippen LogP contribution is -2.43. The predicted octanol–water partition coefficient (Wildman–Crippen LogP) is 1.31. The molecule has 0 spiro atoms. The average Bonchev–Trinajstić information content (AvgIpc) is 2.36. The van der Waals surface area contributed by atoms with Gasteiger partial charge in [-0.15, -0.1) is 0 Å². The Morgan fingerprint density at radius 2 is 2.17 bits per heavy atom. The van der Waals surface area contributed by atoms with Crippen LogP contribution in [0.3, 0.4) is 0 Å². The Morgan fingerprint density at radius 3 is 2.83 bits per heavy atom. The van der Waals surface area contributed by atoms with Crippen LogP contribution in [0.25, 0.3) is 0 Å². The number of hydrogen-bond donors (Lipinski definition) is 2. The van der Waals surface area contributed by atoms with Crippen molar-refractivity contribution in [3.8, 4) is 0 Å². The molecular formula is C11H16BrN5O. The molecule has 18 heavy (non-hydrogen) atoms. The predicted molar refractivity (Wildman–Crippen MR) is 73.6 cm³/mol. The number of carbonyl (C=O) groups excluding carboxylic acids is 1. The Bertz CT molecular complexity index is 453. The van der Waals surface area contributed by atoms with Crippen LogP contribution in [0, 0.1) is 0 Å². The molecule has 0 aromatic carbocycles. The van der Waals surface area contributed by atoms with E-state index in [1.54, 1.807) is 4.90 Å². The standard InChI is InChI=1S/C11H16BrN5O/c1-13-10-9(12)11(15-6-14-10)16-7-3-4-8(18)17(2)5-7/h6-7H,3-5H2,1-2H3,(H2,13,14,15,16). The lowest BCUT2D eigenvalue weighted by Gasteiger charge is -2.30. The first-order valence-corrected chi connectivity index (χ1v) is 6.60. The molecule has 1 saturated heterocycles. The van der Waals surface area contributed by atoms with Gasteiger partial charge < -0.3 is 15.5 Å². The Balaban J connectivity index is 2.08. The Labute approximate surface area is 114 Å². The number of halogens is 1. The highest BCUT2D eigenvalue weighted by atomic mass is 79.9. The summed E-state index contributed by atoms with van der Waals surface area (Å²) in [6, 6.07) is 0.226. The summed E-state index contributed by atoms with van der Waals surface area (Å²) in [6.07, 6.45) is 2.92. The summed E-state index contributed by atoms with van der Waals surface area (Å²) in [6.45, 7) is 0.699. The fourth-order valence-electron chi connectivity index (χ4n) is 1.97. The largest absolute Gasteiger partial charge is 0.372 e. The molecule has 0 radical (unpaired) electrons. The van der Waals surface area contributed by atoms with Crippen LogP contribution in [0.4, 0.5) is 11.6 Å². The third-order valence-corrected chi connectivity index (χ3v) is 3.74. The number of nitrogens with one attached hydrogen (secondary N) is 2. The number of nitrogens with zero attached hydrogens (tertiary/aromatic N) is 3. The first-order chi connectivity index (χ1) is 8.61. The Hall–Kier alpha value is -1.37. The molecule has 1 fully saturated rings. The first kappa shape index (κ1) is 13.1. The summed E-state index contributed by atoms with van der Waals surface area (Å²) in [5, 5.41) is 6.33. The van der Waals surface area contributed by atoms with Crippen LogP contribution in [0.1, 0.15) is 12.8 Å². The van der Waals surface area contributed by atoms with Gasteiger partial charge >= 0.3 is 0 Å². The van der Waals surface area contributed by atoms with Crippen LogP contribution >= 0.6 is 15.9 Å². The highest BCUT2D eigenvalue weighted by Crippen LogP contribution is 2.27. The Morgan fingerprint density at radius 1 is 1.44 bits per heavy atom. The van der Waals surface area contributed by atoms with Gasteiger partial charge in [-0.2, -0.15) is 0 Å². The van der Waals surface area contributed by atoms with Gasteiger partial charge in [0.15, 0.2) is 0 Å². The van der Waals surface area contributed by atoms with E-state index in [9.17, 15) is 4.79 Å². The maximum Gasteiger partial charge on any atom is 0.222 e. The monoisotopic (exact) mass is 313 g/mol. The van der Waals surface area contributed by atoms with Crippen LogP contribution in [-0.4, -0.2) is 47.5 Å². The topological polar surface area (TPSA) is 70.1 Å². The molecule has 98 valence electrons. The van der Waals surface area contributed by atoms with Gasteiger partial charge in [0.1, 0.15) is 22.4 Å². The van der Waals surface area contributed by atoms with Crippen molar-refractivity contribution in [2.24, 2.45) is 0 Å². The number of likely N-dealkylation sites (tertiary alicyclic amines) is 1. The summed E-state index contributed by atoms with van der Waals surface area (Å²) in [5.74, 6) is 1.69. The highest BCUT2D eigenvalue weighted by Gasteiger charge is 2.23. The van der Waals surface area contributed by atoms with Crippen molar-refractivity contribution < 1.29 is 4.79 Å². The van der Waals surface area contributed by atoms with Crippen molar-refractivity contribution in [2.75, 3.05) is 31.3 Å². The first-order valence-electron chi connectivity index (χ1n) is 5.80. The third kappa shape index (κ3) is 2.72. The number of aromatic nitrogens is 2. The van der Waals surface area contributed by atoms with Crippen LogP contribution in [0.2, 0.25) is 0 Å². The van der Waals surface area contributed by atoms with E-state index in [0.29, 0.717) is 13.0 Å². The number of rotatable bonds is 3. The number of anilines is 2. The van der Waals surface area contributed by atoms with E-state index < -0.39 is 0 Å². The molecule has 7 heteroatoms. The van der Waals surface area contributed by atoms with E-state index in [1.165, 1.54) is 6.33 Å². The fourth-order valence-corrected chi connectivity index (χ4v) is 2.49. The quantitative estimate of drug-likeness (QED) is 0.880. The molecular weight excluding hydrogens is 298 g/mol. The average molecular weight is 314 g/mol. The van der Waals surface area contributed by atoms with Gasteiger partial charge in [0.25, 0.3) is 0 Å².